The molecule has 0 aliphatic carbocycles. The van der Waals surface area contributed by atoms with E-state index < -0.39 is 0 Å². The molecule has 21 heavy (non-hydrogen) atoms. The summed E-state index contributed by atoms with van der Waals surface area (Å²) in [5, 5.41) is 4.55. The second-order valence-corrected chi connectivity index (χ2v) is 8.23. The summed E-state index contributed by atoms with van der Waals surface area (Å²) in [5.41, 5.74) is 1.56. The predicted octanol–water partition coefficient (Wildman–Crippen LogP) is 3.35. The van der Waals surface area contributed by atoms with E-state index in [2.05, 4.69) is 63.7 Å². The lowest BCUT2D eigenvalue weighted by atomic mass is 9.65. The minimum atomic E-state index is 0.132. The highest BCUT2D eigenvalue weighted by Gasteiger charge is 2.53. The van der Waals surface area contributed by atoms with Gasteiger partial charge in [0.25, 0.3) is 0 Å². The second-order valence-electron chi connectivity index (χ2n) is 6.94. The first kappa shape index (κ1) is 16.3. The lowest BCUT2D eigenvalue weighted by Gasteiger charge is -2.62. The van der Waals surface area contributed by atoms with Crippen molar-refractivity contribution in [1.29, 1.82) is 0 Å². The van der Waals surface area contributed by atoms with Crippen LogP contribution in [0.3, 0.4) is 0 Å². The Labute approximate surface area is 132 Å². The van der Waals surface area contributed by atoms with Gasteiger partial charge in [0, 0.05) is 28.9 Å². The van der Waals surface area contributed by atoms with Gasteiger partial charge in [-0.3, -0.25) is 0 Å². The molecule has 1 aromatic rings. The van der Waals surface area contributed by atoms with Gasteiger partial charge in [0.2, 0.25) is 0 Å². The van der Waals surface area contributed by atoms with Crippen LogP contribution < -0.4 is 5.32 Å². The smallest absolute Gasteiger partial charge is 0.194 e. The number of aryl methyl sites for hydroxylation is 2. The van der Waals surface area contributed by atoms with Gasteiger partial charge < -0.3 is 10.2 Å². The van der Waals surface area contributed by atoms with Crippen molar-refractivity contribution in [2.45, 2.75) is 60.5 Å². The van der Waals surface area contributed by atoms with Gasteiger partial charge in [0.15, 0.2) is 5.96 Å². The third-order valence-corrected chi connectivity index (χ3v) is 5.90. The molecule has 0 unspecified atom stereocenters. The first-order valence-electron chi connectivity index (χ1n) is 7.68. The molecule has 1 aliphatic heterocycles. The van der Waals surface area contributed by atoms with Crippen LogP contribution in [-0.2, 0) is 6.54 Å². The standard InChI is InChI=1S/C16H28N4S/c1-8-17-14(20-10-15(4,5)16(20,6)7)18-9-13-11(2)19-12(3)21-13/h8-10H2,1-7H3,(H,17,18). The minimum Gasteiger partial charge on any atom is -0.356 e. The fourth-order valence-electron chi connectivity index (χ4n) is 2.66. The largest absolute Gasteiger partial charge is 0.356 e. The Hall–Kier alpha value is -1.10. The van der Waals surface area contributed by atoms with Crippen molar-refractivity contribution < 1.29 is 0 Å². The number of likely N-dealkylation sites (tertiary alicyclic amines) is 1. The third kappa shape index (κ3) is 2.93. The molecule has 1 aromatic heterocycles. The maximum atomic E-state index is 4.84. The van der Waals surface area contributed by atoms with Crippen molar-refractivity contribution in [3.63, 3.8) is 0 Å². The number of aliphatic imine (C=N–C) groups is 1. The van der Waals surface area contributed by atoms with Crippen LogP contribution >= 0.6 is 11.3 Å². The summed E-state index contributed by atoms with van der Waals surface area (Å²) >= 11 is 1.75. The van der Waals surface area contributed by atoms with E-state index in [-0.39, 0.29) is 5.54 Å². The Morgan fingerprint density at radius 3 is 2.43 bits per heavy atom. The van der Waals surface area contributed by atoms with Crippen LogP contribution in [-0.4, -0.2) is 34.5 Å². The van der Waals surface area contributed by atoms with E-state index in [1.807, 2.05) is 0 Å². The van der Waals surface area contributed by atoms with Crippen molar-refractivity contribution in [1.82, 2.24) is 15.2 Å². The van der Waals surface area contributed by atoms with Gasteiger partial charge in [-0.25, -0.2) is 9.98 Å². The first-order valence-corrected chi connectivity index (χ1v) is 8.49. The van der Waals surface area contributed by atoms with E-state index in [9.17, 15) is 0 Å². The molecule has 118 valence electrons. The van der Waals surface area contributed by atoms with Gasteiger partial charge in [0.05, 0.1) is 17.2 Å². The fourth-order valence-corrected chi connectivity index (χ4v) is 3.52. The zero-order valence-electron chi connectivity index (χ0n) is 14.4. The Kier molecular flexibility index (Phi) is 4.34. The molecule has 1 fully saturated rings. The van der Waals surface area contributed by atoms with Crippen LogP contribution in [0.25, 0.3) is 0 Å². The number of rotatable bonds is 3. The molecule has 0 bridgehead atoms. The van der Waals surface area contributed by atoms with E-state index >= 15 is 0 Å². The summed E-state index contributed by atoms with van der Waals surface area (Å²) in [6, 6.07) is 0. The highest BCUT2D eigenvalue weighted by Crippen LogP contribution is 2.46. The van der Waals surface area contributed by atoms with Crippen molar-refractivity contribution in [3.05, 3.63) is 15.6 Å². The molecule has 0 amide bonds. The Balaban J connectivity index is 2.16. The highest BCUT2D eigenvalue weighted by atomic mass is 32.1. The van der Waals surface area contributed by atoms with Crippen LogP contribution in [0.5, 0.6) is 0 Å². The zero-order valence-corrected chi connectivity index (χ0v) is 15.2. The van der Waals surface area contributed by atoms with Gasteiger partial charge in [-0.15, -0.1) is 11.3 Å². The molecule has 0 radical (unpaired) electrons. The van der Waals surface area contributed by atoms with Gasteiger partial charge in [-0.1, -0.05) is 13.8 Å². The van der Waals surface area contributed by atoms with E-state index in [0.29, 0.717) is 12.0 Å². The van der Waals surface area contributed by atoms with Gasteiger partial charge in [0.1, 0.15) is 0 Å². The zero-order chi connectivity index (χ0) is 15.8. The van der Waals surface area contributed by atoms with E-state index in [4.69, 9.17) is 4.99 Å². The maximum Gasteiger partial charge on any atom is 0.194 e. The lowest BCUT2D eigenvalue weighted by Crippen LogP contribution is -2.72. The summed E-state index contributed by atoms with van der Waals surface area (Å²) in [6.07, 6.45) is 0. The molecule has 1 aliphatic rings. The van der Waals surface area contributed by atoms with Crippen molar-refractivity contribution in [3.8, 4) is 0 Å². The van der Waals surface area contributed by atoms with E-state index in [0.717, 1.165) is 29.8 Å². The molecule has 1 N–H and O–H groups in total. The summed E-state index contributed by atoms with van der Waals surface area (Å²) in [5.74, 6) is 1.02. The average Bonchev–Trinajstić information content (AvgIpc) is 2.70. The summed E-state index contributed by atoms with van der Waals surface area (Å²) in [7, 11) is 0. The van der Waals surface area contributed by atoms with Gasteiger partial charge >= 0.3 is 0 Å². The molecule has 4 nitrogen and oxygen atoms in total. The van der Waals surface area contributed by atoms with Crippen molar-refractivity contribution in [2.75, 3.05) is 13.1 Å². The summed E-state index contributed by atoms with van der Waals surface area (Å²) < 4.78 is 0. The SMILES string of the molecule is CCNC(=NCc1sc(C)nc1C)N1CC(C)(C)C1(C)C. The number of nitrogens with one attached hydrogen (secondary N) is 1. The highest BCUT2D eigenvalue weighted by molar-refractivity contribution is 7.11. The predicted molar refractivity (Wildman–Crippen MR) is 91.0 cm³/mol. The van der Waals surface area contributed by atoms with Crippen LogP contribution in [0.4, 0.5) is 0 Å². The molecule has 0 atom stereocenters. The molecule has 0 spiro atoms. The lowest BCUT2D eigenvalue weighted by molar-refractivity contribution is -0.0667. The molecular weight excluding hydrogens is 280 g/mol. The quantitative estimate of drug-likeness (QED) is 0.688. The van der Waals surface area contributed by atoms with E-state index in [1.165, 1.54) is 4.88 Å². The maximum absolute atomic E-state index is 4.84. The molecule has 1 saturated heterocycles. The van der Waals surface area contributed by atoms with E-state index in [1.54, 1.807) is 11.3 Å². The number of hydrogen-bond donors (Lipinski definition) is 1. The van der Waals surface area contributed by atoms with Crippen LogP contribution in [0.2, 0.25) is 0 Å². The average molecular weight is 308 g/mol. The Bertz CT molecular complexity index is 542. The molecule has 2 heterocycles. The second kappa shape index (κ2) is 5.59. The molecule has 0 aromatic carbocycles. The third-order valence-electron chi connectivity index (χ3n) is 4.85. The van der Waals surface area contributed by atoms with Crippen molar-refractivity contribution in [2.24, 2.45) is 10.4 Å². The number of thiazole rings is 1. The Morgan fingerprint density at radius 1 is 1.33 bits per heavy atom. The fraction of sp³-hybridized carbons (Fsp3) is 0.750. The minimum absolute atomic E-state index is 0.132. The topological polar surface area (TPSA) is 40.5 Å². The number of hydrogen-bond acceptors (Lipinski definition) is 3. The van der Waals surface area contributed by atoms with Crippen LogP contribution in [0.1, 0.15) is 50.2 Å². The molecular formula is C16H28N4S. The summed E-state index contributed by atoms with van der Waals surface area (Å²) in [4.78, 5) is 13.0. The molecule has 0 saturated carbocycles. The molecule has 2 rings (SSSR count). The summed E-state index contributed by atoms with van der Waals surface area (Å²) in [6.45, 7) is 18.1. The van der Waals surface area contributed by atoms with Gasteiger partial charge in [-0.2, -0.15) is 0 Å². The van der Waals surface area contributed by atoms with Crippen LogP contribution in [0.15, 0.2) is 4.99 Å². The monoisotopic (exact) mass is 308 g/mol. The normalized spacial score (nSPS) is 20.3. The number of nitrogens with zero attached hydrogens (tertiary/aromatic N) is 3. The Morgan fingerprint density at radius 2 is 2.00 bits per heavy atom. The molecule has 5 heteroatoms. The number of aromatic nitrogens is 1. The number of guanidine groups is 1. The van der Waals surface area contributed by atoms with Gasteiger partial charge in [-0.05, 0) is 34.6 Å². The first-order chi connectivity index (χ1) is 9.69. The van der Waals surface area contributed by atoms with Crippen LogP contribution in [0, 0.1) is 19.3 Å². The van der Waals surface area contributed by atoms with Crippen molar-refractivity contribution >= 4 is 17.3 Å².